The number of nitrogens with two attached hydrogens (primary N) is 2. The Labute approximate surface area is 134 Å². The van der Waals surface area contributed by atoms with Gasteiger partial charge in [-0.05, 0) is 38.8 Å². The van der Waals surface area contributed by atoms with Crippen molar-refractivity contribution in [2.24, 2.45) is 11.5 Å². The van der Waals surface area contributed by atoms with Crippen molar-refractivity contribution in [1.82, 2.24) is 0 Å². The summed E-state index contributed by atoms with van der Waals surface area (Å²) >= 11 is 0. The molecule has 0 spiro atoms. The van der Waals surface area contributed by atoms with Crippen LogP contribution in [0.3, 0.4) is 0 Å². The lowest BCUT2D eigenvalue weighted by Gasteiger charge is -1.98. The van der Waals surface area contributed by atoms with Gasteiger partial charge in [0.25, 0.3) is 0 Å². The number of carbonyl (C=O) groups is 2. The van der Waals surface area contributed by atoms with Crippen LogP contribution in [0, 0.1) is 0 Å². The highest BCUT2D eigenvalue weighted by atomic mass is 16.4. The molecule has 6 nitrogen and oxygen atoms in total. The smallest absolute Gasteiger partial charge is 0.303 e. The number of aliphatic carboxylic acids is 2. The van der Waals surface area contributed by atoms with Crippen LogP contribution in [-0.2, 0) is 9.59 Å². The molecule has 0 aromatic rings. The molecule has 22 heavy (non-hydrogen) atoms. The molecule has 0 heterocycles. The van der Waals surface area contributed by atoms with Crippen LogP contribution >= 0.6 is 0 Å². The summed E-state index contributed by atoms with van der Waals surface area (Å²) in [5.41, 5.74) is 10.6. The molecule has 0 aromatic heterocycles. The molecule has 0 amide bonds. The predicted molar refractivity (Wildman–Crippen MR) is 88.8 cm³/mol. The minimum atomic E-state index is -0.740. The molecule has 0 saturated carbocycles. The molecule has 132 valence electrons. The number of rotatable bonds is 14. The van der Waals surface area contributed by atoms with Crippen LogP contribution in [-0.4, -0.2) is 35.2 Å². The van der Waals surface area contributed by atoms with E-state index in [9.17, 15) is 9.59 Å². The number of hydrogen-bond acceptors (Lipinski definition) is 4. The Hall–Kier alpha value is -1.14. The summed E-state index contributed by atoms with van der Waals surface area (Å²) in [6, 6.07) is 0. The molecule has 6 heteroatoms. The lowest BCUT2D eigenvalue weighted by atomic mass is 10.1. The molecule has 6 N–H and O–H groups in total. The molecule has 0 unspecified atom stereocenters. The molecule has 0 aliphatic heterocycles. The lowest BCUT2D eigenvalue weighted by Crippen LogP contribution is -2.00. The normalized spacial score (nSPS) is 9.91. The number of hydrogen-bond donors (Lipinski definition) is 4. The van der Waals surface area contributed by atoms with E-state index in [0.717, 1.165) is 64.5 Å². The maximum Gasteiger partial charge on any atom is 0.303 e. The van der Waals surface area contributed by atoms with Gasteiger partial charge in [0.05, 0.1) is 0 Å². The molecule has 0 radical (unpaired) electrons. The minimum absolute atomic E-state index is 0.245. The largest absolute Gasteiger partial charge is 0.481 e. The molecular weight excluding hydrogens is 284 g/mol. The summed E-state index contributed by atoms with van der Waals surface area (Å²) in [6.45, 7) is 1.65. The second kappa shape index (κ2) is 19.9. The van der Waals surface area contributed by atoms with Gasteiger partial charge in [-0.3, -0.25) is 9.59 Å². The Morgan fingerprint density at radius 1 is 0.545 bits per heavy atom. The van der Waals surface area contributed by atoms with Crippen molar-refractivity contribution in [2.45, 2.75) is 77.0 Å². The topological polar surface area (TPSA) is 127 Å². The van der Waals surface area contributed by atoms with Crippen molar-refractivity contribution in [1.29, 1.82) is 0 Å². The van der Waals surface area contributed by atoms with Crippen molar-refractivity contribution in [3.63, 3.8) is 0 Å². The average molecular weight is 318 g/mol. The molecule has 0 fully saturated rings. The first-order valence-corrected chi connectivity index (χ1v) is 8.38. The van der Waals surface area contributed by atoms with Gasteiger partial charge in [0.1, 0.15) is 0 Å². The van der Waals surface area contributed by atoms with Gasteiger partial charge in [0.2, 0.25) is 0 Å². The predicted octanol–water partition coefficient (Wildman–Crippen LogP) is 2.74. The van der Waals surface area contributed by atoms with E-state index in [1.165, 1.54) is 12.8 Å². The number of unbranched alkanes of at least 4 members (excludes halogenated alkanes) is 8. The fourth-order valence-corrected chi connectivity index (χ4v) is 1.90. The summed E-state index contributed by atoms with van der Waals surface area (Å²) in [5.74, 6) is -1.48. The standard InChI is InChI=1S/C10H18O4.C6H16N2/c11-9(12)7-5-3-1-2-4-6-8-10(13)14;7-5-3-1-2-4-6-8/h1-8H2,(H,11,12)(H,13,14);1-8H2. The summed E-state index contributed by atoms with van der Waals surface area (Å²) < 4.78 is 0. The second-order valence-corrected chi connectivity index (χ2v) is 5.40. The molecule has 0 aliphatic carbocycles. The fraction of sp³-hybridized carbons (Fsp3) is 0.875. The highest BCUT2D eigenvalue weighted by molar-refractivity contribution is 5.66. The quantitative estimate of drug-likeness (QED) is 0.365. The van der Waals surface area contributed by atoms with Crippen molar-refractivity contribution in [3.8, 4) is 0 Å². The SMILES string of the molecule is NCCCCCCN.O=C(O)CCCCCCCCC(=O)O. The third-order valence-electron chi connectivity index (χ3n) is 3.19. The van der Waals surface area contributed by atoms with Gasteiger partial charge < -0.3 is 21.7 Å². The van der Waals surface area contributed by atoms with Crippen LogP contribution in [0.4, 0.5) is 0 Å². The maximum atomic E-state index is 10.1. The van der Waals surface area contributed by atoms with Crippen LogP contribution < -0.4 is 11.5 Å². The Morgan fingerprint density at radius 2 is 0.818 bits per heavy atom. The van der Waals surface area contributed by atoms with E-state index < -0.39 is 11.9 Å². The Balaban J connectivity index is 0. The summed E-state index contributed by atoms with van der Waals surface area (Å²) in [6.07, 6.45) is 10.6. The molecule has 0 saturated heterocycles. The third kappa shape index (κ3) is 27.2. The van der Waals surface area contributed by atoms with Crippen molar-refractivity contribution < 1.29 is 19.8 Å². The first-order valence-electron chi connectivity index (χ1n) is 8.38. The summed E-state index contributed by atoms with van der Waals surface area (Å²) in [4.78, 5) is 20.3. The van der Waals surface area contributed by atoms with E-state index >= 15 is 0 Å². The second-order valence-electron chi connectivity index (χ2n) is 5.40. The van der Waals surface area contributed by atoms with Crippen LogP contribution in [0.25, 0.3) is 0 Å². The van der Waals surface area contributed by atoms with Crippen LogP contribution in [0.1, 0.15) is 77.0 Å². The van der Waals surface area contributed by atoms with Gasteiger partial charge in [0.15, 0.2) is 0 Å². The Kier molecular flexibility index (Phi) is 20.9. The minimum Gasteiger partial charge on any atom is -0.481 e. The van der Waals surface area contributed by atoms with E-state index in [1.54, 1.807) is 0 Å². The van der Waals surface area contributed by atoms with Gasteiger partial charge in [0, 0.05) is 12.8 Å². The van der Waals surface area contributed by atoms with E-state index in [2.05, 4.69) is 0 Å². The Morgan fingerprint density at radius 3 is 1.09 bits per heavy atom. The summed E-state index contributed by atoms with van der Waals surface area (Å²) in [7, 11) is 0. The van der Waals surface area contributed by atoms with E-state index in [-0.39, 0.29) is 12.8 Å². The first-order chi connectivity index (χ1) is 10.5. The van der Waals surface area contributed by atoms with Crippen LogP contribution in [0.2, 0.25) is 0 Å². The monoisotopic (exact) mass is 318 g/mol. The van der Waals surface area contributed by atoms with E-state index in [0.29, 0.717) is 0 Å². The van der Waals surface area contributed by atoms with E-state index in [1.807, 2.05) is 0 Å². The van der Waals surface area contributed by atoms with Gasteiger partial charge in [-0.25, -0.2) is 0 Å². The fourth-order valence-electron chi connectivity index (χ4n) is 1.90. The highest BCUT2D eigenvalue weighted by Gasteiger charge is 1.98. The number of carboxylic acid groups (broad SMARTS) is 2. The van der Waals surface area contributed by atoms with Crippen LogP contribution in [0.15, 0.2) is 0 Å². The van der Waals surface area contributed by atoms with Crippen LogP contribution in [0.5, 0.6) is 0 Å². The molecule has 0 bridgehead atoms. The third-order valence-corrected chi connectivity index (χ3v) is 3.19. The van der Waals surface area contributed by atoms with Crippen molar-refractivity contribution in [3.05, 3.63) is 0 Å². The molecule has 0 rings (SSSR count). The van der Waals surface area contributed by atoms with Gasteiger partial charge in [-0.15, -0.1) is 0 Å². The van der Waals surface area contributed by atoms with Gasteiger partial charge >= 0.3 is 11.9 Å². The molecular formula is C16H34N2O4. The number of carboxylic acids is 2. The molecule has 0 aromatic carbocycles. The van der Waals surface area contributed by atoms with Crippen molar-refractivity contribution in [2.75, 3.05) is 13.1 Å². The van der Waals surface area contributed by atoms with Gasteiger partial charge in [-0.1, -0.05) is 38.5 Å². The van der Waals surface area contributed by atoms with E-state index in [4.69, 9.17) is 21.7 Å². The van der Waals surface area contributed by atoms with Crippen molar-refractivity contribution >= 4 is 11.9 Å². The Bertz CT molecular complexity index is 235. The van der Waals surface area contributed by atoms with Gasteiger partial charge in [-0.2, -0.15) is 0 Å². The zero-order valence-electron chi connectivity index (χ0n) is 13.8. The molecule has 0 atom stereocenters. The zero-order chi connectivity index (χ0) is 17.1. The average Bonchev–Trinajstić information content (AvgIpc) is 2.46. The lowest BCUT2D eigenvalue weighted by molar-refractivity contribution is -0.138. The zero-order valence-corrected chi connectivity index (χ0v) is 13.8. The summed E-state index contributed by atoms with van der Waals surface area (Å²) in [5, 5.41) is 16.7. The maximum absolute atomic E-state index is 10.1. The molecule has 0 aliphatic rings. The first kappa shape index (κ1) is 23.1. The highest BCUT2D eigenvalue weighted by Crippen LogP contribution is 2.08.